The largest absolute Gasteiger partial charge is 0.508 e. The van der Waals surface area contributed by atoms with Gasteiger partial charge in [0, 0.05) is 19.0 Å². The van der Waals surface area contributed by atoms with Gasteiger partial charge in [0.05, 0.1) is 19.3 Å². The molecule has 2 atom stereocenters. The Labute approximate surface area is 164 Å². The molecule has 2 aromatic carbocycles. The summed E-state index contributed by atoms with van der Waals surface area (Å²) in [6.07, 6.45) is -0.695. The van der Waals surface area contributed by atoms with Crippen molar-refractivity contribution in [1.29, 1.82) is 0 Å². The highest BCUT2D eigenvalue weighted by atomic mass is 16.5. The van der Waals surface area contributed by atoms with Crippen LogP contribution in [0, 0.1) is 0 Å². The number of phenolic OH excluding ortho intramolecular Hbond substituents is 2. The fraction of sp³-hybridized carbons (Fsp3) is 0.381. The average molecular weight is 389 g/mol. The van der Waals surface area contributed by atoms with Crippen LogP contribution in [0.15, 0.2) is 48.5 Å². The molecule has 0 aromatic heterocycles. The molecule has 7 nitrogen and oxygen atoms in total. The maximum Gasteiger partial charge on any atom is 0.252 e. The van der Waals surface area contributed by atoms with Crippen LogP contribution in [0.5, 0.6) is 11.5 Å². The van der Waals surface area contributed by atoms with Crippen molar-refractivity contribution in [2.24, 2.45) is 0 Å². The van der Waals surface area contributed by atoms with Crippen LogP contribution >= 0.6 is 0 Å². The van der Waals surface area contributed by atoms with E-state index in [0.29, 0.717) is 12.0 Å². The molecular weight excluding hydrogens is 362 g/mol. The Kier molecular flexibility index (Phi) is 7.80. The maximum absolute atomic E-state index is 13.0. The molecule has 0 bridgehead atoms. The second-order valence-corrected chi connectivity index (χ2v) is 6.66. The summed E-state index contributed by atoms with van der Waals surface area (Å²) in [6.45, 7) is 1.39. The van der Waals surface area contributed by atoms with Gasteiger partial charge >= 0.3 is 0 Å². The van der Waals surface area contributed by atoms with Crippen molar-refractivity contribution in [3.63, 3.8) is 0 Å². The molecule has 0 aliphatic heterocycles. The maximum atomic E-state index is 13.0. The Hall–Kier alpha value is -2.61. The Morgan fingerprint density at radius 1 is 1.18 bits per heavy atom. The van der Waals surface area contributed by atoms with Crippen LogP contribution < -0.4 is 5.32 Å². The van der Waals surface area contributed by atoms with Crippen molar-refractivity contribution in [3.8, 4) is 11.5 Å². The number of ether oxygens (including phenoxy) is 1. The van der Waals surface area contributed by atoms with Crippen molar-refractivity contribution in [2.45, 2.75) is 38.1 Å². The second-order valence-electron chi connectivity index (χ2n) is 6.66. The molecule has 0 radical (unpaired) electrons. The quantitative estimate of drug-likeness (QED) is 0.420. The lowest BCUT2D eigenvalue weighted by molar-refractivity contribution is -0.150. The Bertz CT molecular complexity index is 767. The fourth-order valence-electron chi connectivity index (χ4n) is 2.83. The van der Waals surface area contributed by atoms with Crippen molar-refractivity contribution < 1.29 is 30.0 Å². The van der Waals surface area contributed by atoms with Crippen molar-refractivity contribution in [2.75, 3.05) is 13.2 Å². The standard InChI is InChI=1S/C21H27NO6/c1-2-21(20(27)22-12-18(25)13-23,28-14-15-6-4-3-5-7-15)11-16-8-9-17(24)10-19(16)26/h3-10,18,23-26H,2,11-14H2,1H3,(H,22,27). The van der Waals surface area contributed by atoms with E-state index in [0.717, 1.165) is 5.56 Å². The minimum absolute atomic E-state index is 0.0729. The molecule has 2 rings (SSSR count). The van der Waals surface area contributed by atoms with Crippen LogP contribution in [-0.4, -0.2) is 51.2 Å². The van der Waals surface area contributed by atoms with Gasteiger partial charge in [-0.05, 0) is 23.6 Å². The number of carbonyl (C=O) groups is 1. The number of phenols is 2. The topological polar surface area (TPSA) is 119 Å². The molecule has 0 aliphatic rings. The molecule has 0 saturated heterocycles. The van der Waals surface area contributed by atoms with Gasteiger partial charge in [0.2, 0.25) is 0 Å². The molecule has 1 amide bonds. The molecule has 7 heteroatoms. The lowest BCUT2D eigenvalue weighted by Crippen LogP contribution is -2.52. The minimum Gasteiger partial charge on any atom is -0.508 e. The third-order valence-electron chi connectivity index (χ3n) is 4.60. The molecule has 152 valence electrons. The van der Waals surface area contributed by atoms with Crippen molar-refractivity contribution in [1.82, 2.24) is 5.32 Å². The van der Waals surface area contributed by atoms with E-state index in [-0.39, 0.29) is 31.1 Å². The number of carbonyl (C=O) groups excluding carboxylic acids is 1. The average Bonchev–Trinajstić information content (AvgIpc) is 2.71. The lowest BCUT2D eigenvalue weighted by atomic mass is 9.89. The smallest absolute Gasteiger partial charge is 0.252 e. The van der Waals surface area contributed by atoms with Crippen molar-refractivity contribution >= 4 is 5.91 Å². The molecule has 2 unspecified atom stereocenters. The minimum atomic E-state index is -1.31. The number of amides is 1. The number of hydrogen-bond acceptors (Lipinski definition) is 6. The van der Waals surface area contributed by atoms with Gasteiger partial charge < -0.3 is 30.5 Å². The number of rotatable bonds is 10. The number of aliphatic hydroxyl groups is 2. The van der Waals surface area contributed by atoms with E-state index in [2.05, 4.69) is 5.32 Å². The molecule has 0 aliphatic carbocycles. The highest BCUT2D eigenvalue weighted by Crippen LogP contribution is 2.30. The first-order chi connectivity index (χ1) is 13.4. The van der Waals surface area contributed by atoms with Crippen LogP contribution in [0.3, 0.4) is 0 Å². The molecule has 0 heterocycles. The van der Waals surface area contributed by atoms with Crippen LogP contribution in [0.1, 0.15) is 24.5 Å². The van der Waals surface area contributed by atoms with Gasteiger partial charge in [-0.3, -0.25) is 4.79 Å². The predicted molar refractivity (Wildman–Crippen MR) is 104 cm³/mol. The number of aliphatic hydroxyl groups excluding tert-OH is 2. The first-order valence-electron chi connectivity index (χ1n) is 9.16. The van der Waals surface area contributed by atoms with Gasteiger partial charge in [-0.25, -0.2) is 0 Å². The van der Waals surface area contributed by atoms with Gasteiger partial charge in [0.15, 0.2) is 5.60 Å². The number of hydrogen-bond donors (Lipinski definition) is 5. The van der Waals surface area contributed by atoms with E-state index in [1.54, 1.807) is 6.92 Å². The first kappa shape index (κ1) is 21.7. The number of aromatic hydroxyl groups is 2. The summed E-state index contributed by atoms with van der Waals surface area (Å²) >= 11 is 0. The van der Waals surface area contributed by atoms with E-state index in [9.17, 15) is 20.1 Å². The monoisotopic (exact) mass is 389 g/mol. The van der Waals surface area contributed by atoms with Gasteiger partial charge in [-0.1, -0.05) is 43.3 Å². The van der Waals surface area contributed by atoms with E-state index in [1.807, 2.05) is 30.3 Å². The Balaban J connectivity index is 2.26. The molecular formula is C21H27NO6. The van der Waals surface area contributed by atoms with E-state index < -0.39 is 24.2 Å². The fourth-order valence-corrected chi connectivity index (χ4v) is 2.83. The highest BCUT2D eigenvalue weighted by molar-refractivity contribution is 5.85. The summed E-state index contributed by atoms with van der Waals surface area (Å²) < 4.78 is 6.05. The Morgan fingerprint density at radius 2 is 1.89 bits per heavy atom. The summed E-state index contributed by atoms with van der Waals surface area (Å²) in [4.78, 5) is 13.0. The van der Waals surface area contributed by atoms with Crippen LogP contribution in [-0.2, 0) is 22.6 Å². The van der Waals surface area contributed by atoms with Gasteiger partial charge in [0.25, 0.3) is 5.91 Å². The van der Waals surface area contributed by atoms with Crippen LogP contribution in [0.25, 0.3) is 0 Å². The molecule has 2 aromatic rings. The molecule has 5 N–H and O–H groups in total. The summed E-state index contributed by atoms with van der Waals surface area (Å²) in [6, 6.07) is 13.6. The van der Waals surface area contributed by atoms with Gasteiger partial charge in [-0.15, -0.1) is 0 Å². The van der Waals surface area contributed by atoms with Crippen LogP contribution in [0.2, 0.25) is 0 Å². The second kappa shape index (κ2) is 10.1. The van der Waals surface area contributed by atoms with Gasteiger partial charge in [-0.2, -0.15) is 0 Å². The Morgan fingerprint density at radius 3 is 2.50 bits per heavy atom. The highest BCUT2D eigenvalue weighted by Gasteiger charge is 2.39. The zero-order valence-electron chi connectivity index (χ0n) is 15.8. The zero-order chi connectivity index (χ0) is 20.6. The summed E-state index contributed by atoms with van der Waals surface area (Å²) in [5, 5.41) is 40.8. The van der Waals surface area contributed by atoms with Crippen molar-refractivity contribution in [3.05, 3.63) is 59.7 Å². The lowest BCUT2D eigenvalue weighted by Gasteiger charge is -2.32. The number of benzene rings is 2. The van der Waals surface area contributed by atoms with E-state index in [4.69, 9.17) is 9.84 Å². The van der Waals surface area contributed by atoms with E-state index >= 15 is 0 Å². The molecule has 28 heavy (non-hydrogen) atoms. The zero-order valence-corrected chi connectivity index (χ0v) is 15.8. The molecule has 0 saturated carbocycles. The van der Waals surface area contributed by atoms with E-state index in [1.165, 1.54) is 18.2 Å². The van der Waals surface area contributed by atoms with Gasteiger partial charge in [0.1, 0.15) is 11.5 Å². The summed E-state index contributed by atoms with van der Waals surface area (Å²) in [7, 11) is 0. The molecule has 0 spiro atoms. The summed E-state index contributed by atoms with van der Waals surface area (Å²) in [5.41, 5.74) is 0.0310. The number of nitrogens with one attached hydrogen (secondary N) is 1. The summed E-state index contributed by atoms with van der Waals surface area (Å²) in [5.74, 6) is -0.667. The molecule has 0 fully saturated rings. The van der Waals surface area contributed by atoms with Crippen LogP contribution in [0.4, 0.5) is 0 Å². The predicted octanol–water partition coefficient (Wildman–Crippen LogP) is 1.48. The third-order valence-corrected chi connectivity index (χ3v) is 4.60. The first-order valence-corrected chi connectivity index (χ1v) is 9.16. The normalized spacial score (nSPS) is 14.2. The SMILES string of the molecule is CCC(Cc1ccc(O)cc1O)(OCc1ccccc1)C(=O)NCC(O)CO. The third kappa shape index (κ3) is 5.69.